The number of nitrogens with one attached hydrogen (secondary N) is 2. The van der Waals surface area contributed by atoms with E-state index in [9.17, 15) is 18.3 Å². The molecule has 1 aliphatic heterocycles. The van der Waals surface area contributed by atoms with Gasteiger partial charge < -0.3 is 15.2 Å². The third kappa shape index (κ3) is 5.43. The van der Waals surface area contributed by atoms with Crippen LogP contribution < -0.4 is 14.8 Å². The van der Waals surface area contributed by atoms with Gasteiger partial charge in [0.25, 0.3) is 16.1 Å². The van der Waals surface area contributed by atoms with Gasteiger partial charge in [-0.15, -0.1) is 0 Å². The standard InChI is InChI=1S/C25H33N3O5S/c1-33-23-10-6-5-9-22(23)24(30)26-18-25(19-7-3-2-4-8-19)14-11-20(12-15-25)27-34(31,32)28-16-13-21(29)17-28/h2-10,20-21,27,29H,11-18H2,1H3,(H,26,30)/t20?,21-,25?/m1/s1. The van der Waals surface area contributed by atoms with E-state index >= 15 is 0 Å². The number of methoxy groups -OCH3 is 1. The van der Waals surface area contributed by atoms with E-state index in [-0.39, 0.29) is 23.9 Å². The maximum Gasteiger partial charge on any atom is 0.279 e. The van der Waals surface area contributed by atoms with E-state index in [1.807, 2.05) is 24.3 Å². The van der Waals surface area contributed by atoms with Crippen LogP contribution in [0, 0.1) is 0 Å². The maximum atomic E-state index is 13.0. The van der Waals surface area contributed by atoms with Gasteiger partial charge in [-0.2, -0.15) is 17.4 Å². The minimum atomic E-state index is -3.62. The van der Waals surface area contributed by atoms with Crippen LogP contribution in [0.2, 0.25) is 0 Å². The van der Waals surface area contributed by atoms with Crippen molar-refractivity contribution in [2.75, 3.05) is 26.7 Å². The molecule has 0 radical (unpaired) electrons. The molecule has 2 aliphatic rings. The molecule has 1 saturated carbocycles. The summed E-state index contributed by atoms with van der Waals surface area (Å²) in [5.41, 5.74) is 1.34. The molecule has 2 aromatic rings. The van der Waals surface area contributed by atoms with Crippen molar-refractivity contribution in [3.05, 3.63) is 65.7 Å². The molecule has 0 spiro atoms. The largest absolute Gasteiger partial charge is 0.496 e. The van der Waals surface area contributed by atoms with Crippen molar-refractivity contribution in [3.8, 4) is 5.75 Å². The molecule has 184 valence electrons. The van der Waals surface area contributed by atoms with Crippen molar-refractivity contribution >= 4 is 16.1 Å². The average Bonchev–Trinajstić information content (AvgIpc) is 3.31. The number of β-amino-alcohol motifs (C(OH)–C–C–N with tert-alkyl or cyclic N) is 1. The molecular formula is C25H33N3O5S. The van der Waals surface area contributed by atoms with E-state index in [1.54, 1.807) is 25.3 Å². The fraction of sp³-hybridized carbons (Fsp3) is 0.480. The second-order valence-corrected chi connectivity index (χ2v) is 10.9. The first kappa shape index (κ1) is 24.7. The number of hydrogen-bond donors (Lipinski definition) is 3. The number of aliphatic hydroxyl groups excluding tert-OH is 1. The quantitative estimate of drug-likeness (QED) is 0.529. The van der Waals surface area contributed by atoms with Gasteiger partial charge in [0.15, 0.2) is 0 Å². The van der Waals surface area contributed by atoms with E-state index in [4.69, 9.17) is 4.74 Å². The fourth-order valence-electron chi connectivity index (χ4n) is 5.04. The molecule has 1 aliphatic carbocycles. The van der Waals surface area contributed by atoms with Gasteiger partial charge in [-0.1, -0.05) is 42.5 Å². The Bertz CT molecular complexity index is 1080. The minimum absolute atomic E-state index is 0.144. The second kappa shape index (κ2) is 10.4. The summed E-state index contributed by atoms with van der Waals surface area (Å²) < 4.78 is 35.0. The molecule has 3 N–H and O–H groups in total. The monoisotopic (exact) mass is 487 g/mol. The first-order chi connectivity index (χ1) is 16.3. The lowest BCUT2D eigenvalue weighted by Gasteiger charge is -2.41. The van der Waals surface area contributed by atoms with Crippen molar-refractivity contribution in [3.63, 3.8) is 0 Å². The van der Waals surface area contributed by atoms with Crippen LogP contribution in [0.3, 0.4) is 0 Å². The van der Waals surface area contributed by atoms with Gasteiger partial charge in [-0.05, 0) is 49.8 Å². The van der Waals surface area contributed by atoms with Gasteiger partial charge in [0.05, 0.1) is 18.8 Å². The second-order valence-electron chi connectivity index (χ2n) is 9.23. The number of nitrogens with zero attached hydrogens (tertiary/aromatic N) is 1. The lowest BCUT2D eigenvalue weighted by Crippen LogP contribution is -2.50. The molecule has 0 unspecified atom stereocenters. The predicted octanol–water partition coefficient (Wildman–Crippen LogP) is 2.21. The molecule has 4 rings (SSSR count). The molecule has 34 heavy (non-hydrogen) atoms. The summed E-state index contributed by atoms with van der Waals surface area (Å²) in [7, 11) is -2.08. The highest BCUT2D eigenvalue weighted by atomic mass is 32.2. The summed E-state index contributed by atoms with van der Waals surface area (Å²) in [4.78, 5) is 13.0. The molecule has 1 atom stereocenters. The maximum absolute atomic E-state index is 13.0. The normalized spacial score (nSPS) is 25.7. The Kier molecular flexibility index (Phi) is 7.57. The molecule has 9 heteroatoms. The van der Waals surface area contributed by atoms with Crippen LogP contribution in [0.1, 0.15) is 48.0 Å². The predicted molar refractivity (Wildman–Crippen MR) is 130 cm³/mol. The SMILES string of the molecule is COc1ccccc1C(=O)NCC1(c2ccccc2)CCC(NS(=O)(=O)N2CC[C@@H](O)C2)CC1. The van der Waals surface area contributed by atoms with Gasteiger partial charge in [0.1, 0.15) is 5.75 Å². The number of rotatable bonds is 8. The minimum Gasteiger partial charge on any atom is -0.496 e. The highest BCUT2D eigenvalue weighted by Crippen LogP contribution is 2.39. The van der Waals surface area contributed by atoms with E-state index in [1.165, 1.54) is 4.31 Å². The van der Waals surface area contributed by atoms with Crippen molar-refractivity contribution in [1.29, 1.82) is 0 Å². The Hall–Kier alpha value is -2.46. The van der Waals surface area contributed by atoms with Crippen LogP contribution in [-0.2, 0) is 15.6 Å². The number of aliphatic hydroxyl groups is 1. The molecule has 2 fully saturated rings. The highest BCUT2D eigenvalue weighted by Gasteiger charge is 2.39. The summed E-state index contributed by atoms with van der Waals surface area (Å²) in [6.45, 7) is 0.933. The Morgan fingerprint density at radius 1 is 1.09 bits per heavy atom. The first-order valence-electron chi connectivity index (χ1n) is 11.8. The zero-order chi connectivity index (χ0) is 24.2. The average molecular weight is 488 g/mol. The van der Waals surface area contributed by atoms with Crippen LogP contribution in [0.4, 0.5) is 0 Å². The smallest absolute Gasteiger partial charge is 0.279 e. The first-order valence-corrected chi connectivity index (χ1v) is 13.2. The Balaban J connectivity index is 1.45. The highest BCUT2D eigenvalue weighted by molar-refractivity contribution is 7.87. The van der Waals surface area contributed by atoms with Gasteiger partial charge in [0, 0.05) is 31.1 Å². The zero-order valence-electron chi connectivity index (χ0n) is 19.4. The van der Waals surface area contributed by atoms with Gasteiger partial charge in [-0.3, -0.25) is 4.79 Å². The van der Waals surface area contributed by atoms with Crippen LogP contribution in [0.5, 0.6) is 5.75 Å². The number of carbonyl (C=O) groups excluding carboxylic acids is 1. The number of para-hydroxylation sites is 1. The number of benzene rings is 2. The van der Waals surface area contributed by atoms with Crippen molar-refractivity contribution < 1.29 is 23.1 Å². The molecule has 1 heterocycles. The molecule has 0 bridgehead atoms. The lowest BCUT2D eigenvalue weighted by atomic mass is 9.68. The summed E-state index contributed by atoms with van der Waals surface area (Å²) in [6.07, 6.45) is 2.66. The molecular weight excluding hydrogens is 454 g/mol. The Labute approximate surface area is 201 Å². The number of amides is 1. The summed E-state index contributed by atoms with van der Waals surface area (Å²) in [5, 5.41) is 12.8. The van der Waals surface area contributed by atoms with E-state index < -0.39 is 16.3 Å². The molecule has 8 nitrogen and oxygen atoms in total. The van der Waals surface area contributed by atoms with E-state index in [0.29, 0.717) is 43.7 Å². The third-order valence-corrected chi connectivity index (χ3v) is 8.69. The Morgan fingerprint density at radius 3 is 2.41 bits per heavy atom. The summed E-state index contributed by atoms with van der Waals surface area (Å²) in [5.74, 6) is 0.335. The number of ether oxygens (including phenoxy) is 1. The zero-order valence-corrected chi connectivity index (χ0v) is 20.3. The van der Waals surface area contributed by atoms with Gasteiger partial charge in [-0.25, -0.2) is 0 Å². The summed E-state index contributed by atoms with van der Waals surface area (Å²) in [6, 6.07) is 17.1. The van der Waals surface area contributed by atoms with Gasteiger partial charge >= 0.3 is 0 Å². The lowest BCUT2D eigenvalue weighted by molar-refractivity contribution is 0.0932. The molecule has 0 aromatic heterocycles. The number of hydrogen-bond acceptors (Lipinski definition) is 5. The third-order valence-electron chi connectivity index (χ3n) is 7.05. The van der Waals surface area contributed by atoms with Gasteiger partial charge in [0.2, 0.25) is 0 Å². The number of carbonyl (C=O) groups is 1. The van der Waals surface area contributed by atoms with E-state index in [2.05, 4.69) is 22.2 Å². The molecule has 2 aromatic carbocycles. The Morgan fingerprint density at radius 2 is 1.76 bits per heavy atom. The van der Waals surface area contributed by atoms with Crippen molar-refractivity contribution in [1.82, 2.24) is 14.3 Å². The van der Waals surface area contributed by atoms with Crippen LogP contribution >= 0.6 is 0 Å². The fourth-order valence-corrected chi connectivity index (χ4v) is 6.56. The summed E-state index contributed by atoms with van der Waals surface area (Å²) >= 11 is 0. The van der Waals surface area contributed by atoms with Crippen LogP contribution in [0.15, 0.2) is 54.6 Å². The molecule has 1 saturated heterocycles. The van der Waals surface area contributed by atoms with Crippen molar-refractivity contribution in [2.24, 2.45) is 0 Å². The van der Waals surface area contributed by atoms with Crippen LogP contribution in [-0.4, -0.2) is 62.6 Å². The van der Waals surface area contributed by atoms with Crippen molar-refractivity contribution in [2.45, 2.75) is 49.7 Å². The van der Waals surface area contributed by atoms with Crippen LogP contribution in [0.25, 0.3) is 0 Å². The van der Waals surface area contributed by atoms with E-state index in [0.717, 1.165) is 18.4 Å². The topological polar surface area (TPSA) is 108 Å². The molecule has 1 amide bonds.